The van der Waals surface area contributed by atoms with E-state index in [0.29, 0.717) is 35.5 Å². The molecule has 1 fully saturated rings. The average Bonchev–Trinajstić information content (AvgIpc) is 3.00. The molecule has 25 heavy (non-hydrogen) atoms. The lowest BCUT2D eigenvalue weighted by atomic mass is 10.3. The van der Waals surface area contributed by atoms with Gasteiger partial charge in [0.25, 0.3) is 5.91 Å². The van der Waals surface area contributed by atoms with E-state index in [-0.39, 0.29) is 5.91 Å². The second-order valence-corrected chi connectivity index (χ2v) is 5.88. The molecule has 0 radical (unpaired) electrons. The number of aryl methyl sites for hydroxylation is 2. The van der Waals surface area contributed by atoms with E-state index in [4.69, 9.17) is 9.26 Å². The molecule has 1 amide bonds. The summed E-state index contributed by atoms with van der Waals surface area (Å²) < 4.78 is 10.3. The summed E-state index contributed by atoms with van der Waals surface area (Å²) in [7, 11) is 0. The Bertz CT molecular complexity index is 726. The largest absolute Gasteiger partial charge is 0.379 e. The van der Waals surface area contributed by atoms with E-state index in [1.165, 1.54) is 0 Å². The molecule has 1 aliphatic rings. The van der Waals surface area contributed by atoms with E-state index < -0.39 is 0 Å². The average molecular weight is 346 g/mol. The van der Waals surface area contributed by atoms with Crippen LogP contribution in [0, 0.1) is 13.8 Å². The normalized spacial score (nSPS) is 15.1. The van der Waals surface area contributed by atoms with E-state index in [2.05, 4.69) is 30.7 Å². The highest BCUT2D eigenvalue weighted by Gasteiger charge is 2.13. The first-order valence-corrected chi connectivity index (χ1v) is 8.24. The molecule has 0 atom stereocenters. The van der Waals surface area contributed by atoms with Crippen LogP contribution >= 0.6 is 0 Å². The standard InChI is InChI=1S/C16H22N6O3/c1-11-9-13(15(23)17-3-4-22-5-7-24-8-6-22)19-16(18-11)20-14-10-12(2)25-21-14/h9-10H,3-8H2,1-2H3,(H,17,23)(H,18,19,20,21). The number of hydrogen-bond donors (Lipinski definition) is 2. The van der Waals surface area contributed by atoms with Gasteiger partial charge in [0.15, 0.2) is 5.82 Å². The molecule has 9 nitrogen and oxygen atoms in total. The topological polar surface area (TPSA) is 105 Å². The number of ether oxygens (including phenoxy) is 1. The van der Waals surface area contributed by atoms with Crippen molar-refractivity contribution in [1.29, 1.82) is 0 Å². The summed E-state index contributed by atoms with van der Waals surface area (Å²) in [6, 6.07) is 3.39. The molecule has 134 valence electrons. The summed E-state index contributed by atoms with van der Waals surface area (Å²) in [5.41, 5.74) is 1.01. The van der Waals surface area contributed by atoms with Crippen LogP contribution in [0.25, 0.3) is 0 Å². The van der Waals surface area contributed by atoms with E-state index in [9.17, 15) is 4.79 Å². The fourth-order valence-corrected chi connectivity index (χ4v) is 2.52. The van der Waals surface area contributed by atoms with Gasteiger partial charge < -0.3 is 19.9 Å². The smallest absolute Gasteiger partial charge is 0.270 e. The number of nitrogens with zero attached hydrogens (tertiary/aromatic N) is 4. The van der Waals surface area contributed by atoms with Crippen LogP contribution in [-0.4, -0.2) is 65.3 Å². The van der Waals surface area contributed by atoms with Crippen molar-refractivity contribution in [2.24, 2.45) is 0 Å². The Kier molecular flexibility index (Phi) is 5.56. The Morgan fingerprint density at radius 3 is 2.76 bits per heavy atom. The maximum absolute atomic E-state index is 12.3. The highest BCUT2D eigenvalue weighted by Crippen LogP contribution is 2.13. The number of rotatable bonds is 6. The zero-order valence-corrected chi connectivity index (χ0v) is 14.4. The van der Waals surface area contributed by atoms with Gasteiger partial charge in [-0.05, 0) is 19.9 Å². The maximum atomic E-state index is 12.3. The molecule has 0 aromatic carbocycles. The first-order chi connectivity index (χ1) is 12.1. The molecule has 2 aromatic heterocycles. The Morgan fingerprint density at radius 2 is 2.04 bits per heavy atom. The molecule has 0 unspecified atom stereocenters. The van der Waals surface area contributed by atoms with Crippen LogP contribution in [0.3, 0.4) is 0 Å². The lowest BCUT2D eigenvalue weighted by Crippen LogP contribution is -2.41. The summed E-state index contributed by atoms with van der Waals surface area (Å²) >= 11 is 0. The molecule has 1 aliphatic heterocycles. The quantitative estimate of drug-likeness (QED) is 0.794. The van der Waals surface area contributed by atoms with E-state index in [1.807, 2.05) is 6.92 Å². The predicted molar refractivity (Wildman–Crippen MR) is 90.9 cm³/mol. The highest BCUT2D eigenvalue weighted by molar-refractivity contribution is 5.92. The fourth-order valence-electron chi connectivity index (χ4n) is 2.52. The van der Waals surface area contributed by atoms with Crippen LogP contribution in [0.4, 0.5) is 11.8 Å². The van der Waals surface area contributed by atoms with Crippen molar-refractivity contribution in [3.63, 3.8) is 0 Å². The molecule has 3 heterocycles. The number of nitrogens with one attached hydrogen (secondary N) is 2. The van der Waals surface area contributed by atoms with Gasteiger partial charge in [-0.15, -0.1) is 0 Å². The zero-order chi connectivity index (χ0) is 17.6. The van der Waals surface area contributed by atoms with E-state index in [0.717, 1.165) is 32.8 Å². The molecular formula is C16H22N6O3. The maximum Gasteiger partial charge on any atom is 0.270 e. The monoisotopic (exact) mass is 346 g/mol. The fraction of sp³-hybridized carbons (Fsp3) is 0.500. The van der Waals surface area contributed by atoms with E-state index in [1.54, 1.807) is 19.1 Å². The van der Waals surface area contributed by atoms with Crippen LogP contribution in [0.15, 0.2) is 16.7 Å². The van der Waals surface area contributed by atoms with Gasteiger partial charge in [0.1, 0.15) is 11.5 Å². The second-order valence-electron chi connectivity index (χ2n) is 5.88. The third kappa shape index (κ3) is 4.97. The molecular weight excluding hydrogens is 324 g/mol. The van der Waals surface area contributed by atoms with Crippen molar-refractivity contribution >= 4 is 17.7 Å². The lowest BCUT2D eigenvalue weighted by molar-refractivity contribution is 0.0383. The number of amides is 1. The Balaban J connectivity index is 1.57. The third-order valence-electron chi connectivity index (χ3n) is 3.77. The van der Waals surface area contributed by atoms with Gasteiger partial charge in [0, 0.05) is 37.9 Å². The van der Waals surface area contributed by atoms with Gasteiger partial charge in [0.05, 0.1) is 13.2 Å². The predicted octanol–water partition coefficient (Wildman–Crippen LogP) is 0.887. The van der Waals surface area contributed by atoms with Crippen LogP contribution in [0.5, 0.6) is 0 Å². The Morgan fingerprint density at radius 1 is 1.24 bits per heavy atom. The Hall–Kier alpha value is -2.52. The summed E-state index contributed by atoms with van der Waals surface area (Å²) in [4.78, 5) is 23.1. The number of morpholine rings is 1. The molecule has 0 aliphatic carbocycles. The summed E-state index contributed by atoms with van der Waals surface area (Å²) in [5, 5.41) is 9.67. The highest BCUT2D eigenvalue weighted by atomic mass is 16.5. The molecule has 0 saturated carbocycles. The SMILES string of the molecule is Cc1cc(C(=O)NCCN2CCOCC2)nc(Nc2cc(C)on2)n1. The minimum atomic E-state index is -0.224. The van der Waals surface area contributed by atoms with Crippen molar-refractivity contribution in [1.82, 2.24) is 25.3 Å². The number of anilines is 2. The summed E-state index contributed by atoms with van der Waals surface area (Å²) in [6.45, 7) is 8.25. The van der Waals surface area contributed by atoms with E-state index >= 15 is 0 Å². The van der Waals surface area contributed by atoms with Gasteiger partial charge >= 0.3 is 0 Å². The van der Waals surface area contributed by atoms with Crippen LogP contribution in [0.1, 0.15) is 21.9 Å². The second kappa shape index (κ2) is 8.04. The van der Waals surface area contributed by atoms with Gasteiger partial charge in [-0.3, -0.25) is 9.69 Å². The molecule has 2 N–H and O–H groups in total. The molecule has 2 aromatic rings. The van der Waals surface area contributed by atoms with Crippen molar-refractivity contribution in [2.45, 2.75) is 13.8 Å². The first-order valence-electron chi connectivity index (χ1n) is 8.24. The number of carbonyl (C=O) groups excluding carboxylic acids is 1. The van der Waals surface area contributed by atoms with Gasteiger partial charge in [-0.1, -0.05) is 5.16 Å². The molecule has 0 bridgehead atoms. The number of carbonyl (C=O) groups is 1. The molecule has 0 spiro atoms. The van der Waals surface area contributed by atoms with Crippen molar-refractivity contribution in [3.8, 4) is 0 Å². The van der Waals surface area contributed by atoms with Gasteiger partial charge in [0.2, 0.25) is 5.95 Å². The number of aromatic nitrogens is 3. The van der Waals surface area contributed by atoms with Crippen molar-refractivity contribution in [3.05, 3.63) is 29.3 Å². The van der Waals surface area contributed by atoms with Crippen LogP contribution in [0.2, 0.25) is 0 Å². The number of hydrogen-bond acceptors (Lipinski definition) is 8. The lowest BCUT2D eigenvalue weighted by Gasteiger charge is -2.26. The minimum absolute atomic E-state index is 0.224. The van der Waals surface area contributed by atoms with Crippen molar-refractivity contribution < 1.29 is 14.1 Å². The molecule has 3 rings (SSSR count). The zero-order valence-electron chi connectivity index (χ0n) is 14.4. The van der Waals surface area contributed by atoms with Crippen LogP contribution < -0.4 is 10.6 Å². The first kappa shape index (κ1) is 17.3. The van der Waals surface area contributed by atoms with Crippen LogP contribution in [-0.2, 0) is 4.74 Å². The van der Waals surface area contributed by atoms with Crippen molar-refractivity contribution in [2.75, 3.05) is 44.7 Å². The molecule has 9 heteroatoms. The summed E-state index contributed by atoms with van der Waals surface area (Å²) in [6.07, 6.45) is 0. The third-order valence-corrected chi connectivity index (χ3v) is 3.77. The molecule has 1 saturated heterocycles. The van der Waals surface area contributed by atoms with Gasteiger partial charge in [-0.2, -0.15) is 0 Å². The Labute approximate surface area is 145 Å². The van der Waals surface area contributed by atoms with Gasteiger partial charge in [-0.25, -0.2) is 9.97 Å². The minimum Gasteiger partial charge on any atom is -0.379 e. The summed E-state index contributed by atoms with van der Waals surface area (Å²) in [5.74, 6) is 1.27.